The summed E-state index contributed by atoms with van der Waals surface area (Å²) in [5.74, 6) is 0.222. The van der Waals surface area contributed by atoms with Crippen LogP contribution in [0.3, 0.4) is 0 Å². The zero-order valence-corrected chi connectivity index (χ0v) is 10.1. The van der Waals surface area contributed by atoms with Gasteiger partial charge in [0.05, 0.1) is 0 Å². The Hall–Kier alpha value is -0.101. The van der Waals surface area contributed by atoms with Crippen molar-refractivity contribution in [3.05, 3.63) is 6.20 Å². The van der Waals surface area contributed by atoms with E-state index in [-0.39, 0.29) is 5.91 Å². The van der Waals surface area contributed by atoms with Crippen molar-refractivity contribution in [3.63, 3.8) is 0 Å². The molecule has 12 heavy (non-hydrogen) atoms. The molecule has 0 saturated carbocycles. The quantitative estimate of drug-likeness (QED) is 0.684. The van der Waals surface area contributed by atoms with E-state index in [1.54, 1.807) is 16.2 Å². The van der Waals surface area contributed by atoms with Crippen LogP contribution < -0.4 is 7.79 Å². The number of aromatic nitrogens is 1. The average Bonchev–Trinajstić information content (AvgIpc) is 2.58. The van der Waals surface area contributed by atoms with Gasteiger partial charge < -0.3 is 0 Å². The van der Waals surface area contributed by atoms with Crippen molar-refractivity contribution in [1.29, 1.82) is 0 Å². The summed E-state index contributed by atoms with van der Waals surface area (Å²) in [5.41, 5.74) is 0. The normalized spacial score (nSPS) is 17.4. The van der Waals surface area contributed by atoms with E-state index >= 15 is 0 Å². The third-order valence-electron chi connectivity index (χ3n) is 1.80. The van der Waals surface area contributed by atoms with Crippen molar-refractivity contribution < 1.29 is 4.79 Å². The molecule has 0 aliphatic carbocycles. The zero-order chi connectivity index (χ0) is 8.55. The number of thiazole rings is 1. The first kappa shape index (κ1) is 8.49. The van der Waals surface area contributed by atoms with E-state index in [1.807, 2.05) is 6.20 Å². The molecule has 0 atom stereocenters. The van der Waals surface area contributed by atoms with Crippen molar-refractivity contribution in [2.75, 3.05) is 11.4 Å². The molecule has 61 valence electrons. The Morgan fingerprint density at radius 1 is 1.67 bits per heavy atom. The van der Waals surface area contributed by atoms with Crippen LogP contribution in [0.25, 0.3) is 0 Å². The molecule has 1 aliphatic heterocycles. The molecule has 1 saturated heterocycles. The number of anilines is 1. The second-order valence-corrected chi connectivity index (χ2v) is 6.24. The Labute approximate surface area is 87.9 Å². The van der Waals surface area contributed by atoms with Gasteiger partial charge in [-0.1, -0.05) is 0 Å². The van der Waals surface area contributed by atoms with Crippen LogP contribution in [0.4, 0.5) is 5.13 Å². The Morgan fingerprint density at radius 3 is 3.00 bits per heavy atom. The standard InChI is InChI=1S/C7H7N2OS.Sn/c10-6-2-1-4-9(6)7-8-3-5-11-7;/h3H,1-2,4H2;. The summed E-state index contributed by atoms with van der Waals surface area (Å²) in [4.78, 5) is 17.3. The summed E-state index contributed by atoms with van der Waals surface area (Å²) in [6.45, 7) is 0.849. The monoisotopic (exact) mass is 287 g/mol. The van der Waals surface area contributed by atoms with Gasteiger partial charge in [0.2, 0.25) is 0 Å². The molecule has 1 aromatic heterocycles. The molecule has 0 aromatic carbocycles. The SMILES string of the molecule is O=C1CCCN1c1nc[c]([Sn])s1. The first-order chi connectivity index (χ1) is 5.77. The van der Waals surface area contributed by atoms with Gasteiger partial charge in [-0.2, -0.15) is 0 Å². The summed E-state index contributed by atoms with van der Waals surface area (Å²) in [7, 11) is 0. The van der Waals surface area contributed by atoms with Crippen LogP contribution in [0.15, 0.2) is 6.20 Å². The number of carbonyl (C=O) groups excluding carboxylic acids is 1. The van der Waals surface area contributed by atoms with E-state index in [2.05, 4.69) is 4.98 Å². The summed E-state index contributed by atoms with van der Waals surface area (Å²) in [6.07, 6.45) is 3.51. The van der Waals surface area contributed by atoms with Gasteiger partial charge in [-0.05, 0) is 0 Å². The van der Waals surface area contributed by atoms with E-state index in [4.69, 9.17) is 0 Å². The van der Waals surface area contributed by atoms with Crippen molar-refractivity contribution in [1.82, 2.24) is 4.98 Å². The fourth-order valence-electron chi connectivity index (χ4n) is 1.24. The number of hydrogen-bond donors (Lipinski definition) is 0. The van der Waals surface area contributed by atoms with Crippen LogP contribution in [-0.4, -0.2) is 40.0 Å². The zero-order valence-electron chi connectivity index (χ0n) is 6.41. The fraction of sp³-hybridized carbons (Fsp3) is 0.429. The van der Waals surface area contributed by atoms with Gasteiger partial charge in [0, 0.05) is 0 Å². The molecule has 3 radical (unpaired) electrons. The average molecular weight is 286 g/mol. The molecular weight excluding hydrogens is 279 g/mol. The molecule has 1 aromatic rings. The topological polar surface area (TPSA) is 33.2 Å². The molecule has 1 amide bonds. The van der Waals surface area contributed by atoms with Crippen LogP contribution in [0.2, 0.25) is 0 Å². The first-order valence-corrected chi connectivity index (χ1v) is 5.99. The number of carbonyl (C=O) groups is 1. The Balaban J connectivity index is 2.24. The van der Waals surface area contributed by atoms with Crippen LogP contribution >= 0.6 is 11.3 Å². The maximum atomic E-state index is 11.3. The van der Waals surface area contributed by atoms with Crippen LogP contribution in [0.5, 0.6) is 0 Å². The van der Waals surface area contributed by atoms with Gasteiger partial charge >= 0.3 is 88.1 Å². The molecule has 2 rings (SSSR count). The summed E-state index contributed by atoms with van der Waals surface area (Å²) < 4.78 is 1.25. The number of amides is 1. The Kier molecular flexibility index (Phi) is 2.36. The Bertz CT molecular complexity index is 312. The van der Waals surface area contributed by atoms with E-state index in [1.165, 1.54) is 25.4 Å². The molecule has 1 aliphatic rings. The van der Waals surface area contributed by atoms with Crippen molar-refractivity contribution in [3.8, 4) is 0 Å². The summed E-state index contributed by atoms with van der Waals surface area (Å²) in [5, 5.41) is 0.879. The van der Waals surface area contributed by atoms with Gasteiger partial charge in [0.1, 0.15) is 0 Å². The van der Waals surface area contributed by atoms with Gasteiger partial charge in [-0.15, -0.1) is 0 Å². The minimum absolute atomic E-state index is 0.222. The van der Waals surface area contributed by atoms with E-state index in [0.29, 0.717) is 6.42 Å². The molecule has 2 heterocycles. The van der Waals surface area contributed by atoms with Crippen LogP contribution in [0.1, 0.15) is 12.8 Å². The van der Waals surface area contributed by atoms with Crippen molar-refractivity contribution >= 4 is 47.8 Å². The molecule has 1 fully saturated rings. The van der Waals surface area contributed by atoms with Crippen LogP contribution in [-0.2, 0) is 4.79 Å². The predicted molar refractivity (Wildman–Crippen MR) is 49.1 cm³/mol. The van der Waals surface area contributed by atoms with E-state index < -0.39 is 0 Å². The van der Waals surface area contributed by atoms with Crippen molar-refractivity contribution in [2.45, 2.75) is 12.8 Å². The van der Waals surface area contributed by atoms with Crippen LogP contribution in [0, 0.1) is 0 Å². The summed E-state index contributed by atoms with van der Waals surface area (Å²) >= 11 is 2.99. The van der Waals surface area contributed by atoms with Crippen molar-refractivity contribution in [2.24, 2.45) is 0 Å². The molecule has 0 N–H and O–H groups in total. The maximum absolute atomic E-state index is 11.3. The Morgan fingerprint density at radius 2 is 2.50 bits per heavy atom. The number of hydrogen-bond acceptors (Lipinski definition) is 3. The number of rotatable bonds is 1. The molecule has 3 nitrogen and oxygen atoms in total. The number of nitrogens with zero attached hydrogens (tertiary/aromatic N) is 2. The van der Waals surface area contributed by atoms with Gasteiger partial charge in [-0.3, -0.25) is 0 Å². The van der Waals surface area contributed by atoms with E-state index in [0.717, 1.165) is 18.1 Å². The third kappa shape index (κ3) is 1.49. The second-order valence-electron chi connectivity index (χ2n) is 2.66. The first-order valence-electron chi connectivity index (χ1n) is 3.75. The van der Waals surface area contributed by atoms with Gasteiger partial charge in [-0.25, -0.2) is 0 Å². The molecule has 0 bridgehead atoms. The fourth-order valence-corrected chi connectivity index (χ4v) is 2.92. The van der Waals surface area contributed by atoms with Gasteiger partial charge in [0.15, 0.2) is 0 Å². The van der Waals surface area contributed by atoms with E-state index in [9.17, 15) is 4.79 Å². The van der Waals surface area contributed by atoms with Gasteiger partial charge in [0.25, 0.3) is 0 Å². The molecular formula is C7H7N2OSSn. The predicted octanol–water partition coefficient (Wildman–Crippen LogP) is 0.0637. The molecule has 0 unspecified atom stereocenters. The minimum atomic E-state index is 0.222. The second kappa shape index (κ2) is 3.33. The summed E-state index contributed by atoms with van der Waals surface area (Å²) in [6, 6.07) is 0. The molecule has 0 spiro atoms. The molecule has 5 heteroatoms. The third-order valence-corrected chi connectivity index (χ3v) is 3.87.